The van der Waals surface area contributed by atoms with Crippen molar-refractivity contribution in [2.45, 2.75) is 13.8 Å². The highest BCUT2D eigenvalue weighted by molar-refractivity contribution is 6.27. The first kappa shape index (κ1) is 9.15. The van der Waals surface area contributed by atoms with Crippen LogP contribution in [0.1, 0.15) is 11.1 Å². The van der Waals surface area contributed by atoms with Gasteiger partial charge >= 0.3 is 5.35 Å². The molecule has 2 aromatic heterocycles. The van der Waals surface area contributed by atoms with E-state index in [9.17, 15) is 0 Å². The maximum absolute atomic E-state index is 5.53. The van der Waals surface area contributed by atoms with Gasteiger partial charge < -0.3 is 4.52 Å². The molecule has 0 fully saturated rings. The topological polar surface area (TPSA) is 51.8 Å². The SMILES string of the molecule is Cc1cnc(-c2noc(Cl)n2)c(C)c1. The normalized spacial score (nSPS) is 10.5. The Bertz CT molecular complexity index is 467. The van der Waals surface area contributed by atoms with Crippen LogP contribution in [0, 0.1) is 13.8 Å². The molecule has 0 aromatic carbocycles. The first-order chi connectivity index (χ1) is 6.66. The molecule has 72 valence electrons. The molecule has 5 heteroatoms. The smallest absolute Gasteiger partial charge is 0.320 e. The van der Waals surface area contributed by atoms with Gasteiger partial charge in [0.2, 0.25) is 5.82 Å². The minimum atomic E-state index is 0.0294. The molecule has 2 heterocycles. The van der Waals surface area contributed by atoms with E-state index >= 15 is 0 Å². The first-order valence-electron chi connectivity index (χ1n) is 4.09. The Balaban J connectivity index is 2.52. The van der Waals surface area contributed by atoms with Gasteiger partial charge in [-0.15, -0.1) is 0 Å². The molecule has 0 aliphatic heterocycles. The number of rotatable bonds is 1. The average Bonchev–Trinajstić information content (AvgIpc) is 2.51. The van der Waals surface area contributed by atoms with E-state index in [-0.39, 0.29) is 5.35 Å². The van der Waals surface area contributed by atoms with Gasteiger partial charge in [-0.25, -0.2) is 0 Å². The van der Waals surface area contributed by atoms with Gasteiger partial charge in [0.05, 0.1) is 0 Å². The minimum Gasteiger partial charge on any atom is -0.321 e. The molecule has 0 unspecified atom stereocenters. The summed E-state index contributed by atoms with van der Waals surface area (Å²) < 4.78 is 4.67. The van der Waals surface area contributed by atoms with Crippen molar-refractivity contribution in [3.63, 3.8) is 0 Å². The standard InChI is InChI=1S/C9H8ClN3O/c1-5-3-6(2)7(11-4-5)8-12-9(10)14-13-8/h3-4H,1-2H3. The van der Waals surface area contributed by atoms with Gasteiger partial charge in [-0.1, -0.05) is 11.2 Å². The van der Waals surface area contributed by atoms with E-state index in [1.165, 1.54) is 0 Å². The number of aromatic nitrogens is 3. The molecule has 0 spiro atoms. The van der Waals surface area contributed by atoms with Crippen molar-refractivity contribution in [2.24, 2.45) is 0 Å². The molecule has 0 bridgehead atoms. The predicted molar refractivity (Wildman–Crippen MR) is 52.0 cm³/mol. The van der Waals surface area contributed by atoms with Crippen molar-refractivity contribution in [3.05, 3.63) is 28.7 Å². The number of hydrogen-bond donors (Lipinski definition) is 0. The molecule has 0 aliphatic carbocycles. The van der Waals surface area contributed by atoms with E-state index in [0.717, 1.165) is 11.1 Å². The van der Waals surface area contributed by atoms with Gasteiger partial charge in [-0.3, -0.25) is 4.98 Å². The molecular weight excluding hydrogens is 202 g/mol. The predicted octanol–water partition coefficient (Wildman–Crippen LogP) is 2.40. The fraction of sp³-hybridized carbons (Fsp3) is 0.222. The van der Waals surface area contributed by atoms with Crippen LogP contribution in [0.3, 0.4) is 0 Å². The molecule has 0 N–H and O–H groups in total. The summed E-state index contributed by atoms with van der Waals surface area (Å²) in [6.45, 7) is 3.92. The summed E-state index contributed by atoms with van der Waals surface area (Å²) in [6, 6.07) is 2.01. The second-order valence-corrected chi connectivity index (χ2v) is 3.37. The summed E-state index contributed by atoms with van der Waals surface area (Å²) in [5.41, 5.74) is 2.80. The average molecular weight is 210 g/mol. The number of pyridine rings is 1. The van der Waals surface area contributed by atoms with Crippen LogP contribution < -0.4 is 0 Å². The van der Waals surface area contributed by atoms with Gasteiger partial charge in [-0.05, 0) is 36.6 Å². The lowest BCUT2D eigenvalue weighted by molar-refractivity contribution is 0.420. The van der Waals surface area contributed by atoms with E-state index in [1.54, 1.807) is 6.20 Å². The van der Waals surface area contributed by atoms with Crippen molar-refractivity contribution in [1.82, 2.24) is 15.1 Å². The van der Waals surface area contributed by atoms with E-state index in [1.807, 2.05) is 19.9 Å². The highest BCUT2D eigenvalue weighted by atomic mass is 35.5. The van der Waals surface area contributed by atoms with Crippen LogP contribution >= 0.6 is 11.6 Å². The molecule has 0 saturated carbocycles. The summed E-state index contributed by atoms with van der Waals surface area (Å²) in [7, 11) is 0. The number of halogens is 1. The third-order valence-corrected chi connectivity index (χ3v) is 1.98. The summed E-state index contributed by atoms with van der Waals surface area (Å²) in [6.07, 6.45) is 1.76. The maximum atomic E-state index is 5.53. The summed E-state index contributed by atoms with van der Waals surface area (Å²) in [5.74, 6) is 0.424. The Morgan fingerprint density at radius 1 is 1.36 bits per heavy atom. The van der Waals surface area contributed by atoms with Crippen LogP contribution in [0.4, 0.5) is 0 Å². The van der Waals surface area contributed by atoms with E-state index in [0.29, 0.717) is 11.5 Å². The van der Waals surface area contributed by atoms with Crippen LogP contribution in [0.15, 0.2) is 16.8 Å². The highest BCUT2D eigenvalue weighted by Gasteiger charge is 2.10. The minimum absolute atomic E-state index is 0.0294. The Hall–Kier alpha value is -1.42. The lowest BCUT2D eigenvalue weighted by atomic mass is 10.1. The van der Waals surface area contributed by atoms with Crippen LogP contribution in [-0.2, 0) is 0 Å². The number of nitrogens with zero attached hydrogens (tertiary/aromatic N) is 3. The highest BCUT2D eigenvalue weighted by Crippen LogP contribution is 2.19. The summed E-state index contributed by atoms with van der Waals surface area (Å²) in [5, 5.41) is 3.73. The van der Waals surface area contributed by atoms with Gasteiger partial charge in [0, 0.05) is 6.20 Å². The molecule has 2 rings (SSSR count). The van der Waals surface area contributed by atoms with Crippen molar-refractivity contribution < 1.29 is 4.52 Å². The fourth-order valence-electron chi connectivity index (χ4n) is 1.25. The van der Waals surface area contributed by atoms with Gasteiger partial charge in [0.1, 0.15) is 5.69 Å². The molecule has 4 nitrogen and oxygen atoms in total. The van der Waals surface area contributed by atoms with Crippen LogP contribution in [-0.4, -0.2) is 15.1 Å². The zero-order valence-corrected chi connectivity index (χ0v) is 8.54. The molecular formula is C9H8ClN3O. The van der Waals surface area contributed by atoms with Crippen LogP contribution in [0.25, 0.3) is 11.5 Å². The maximum Gasteiger partial charge on any atom is 0.320 e. The monoisotopic (exact) mass is 209 g/mol. The molecule has 0 atom stereocenters. The van der Waals surface area contributed by atoms with E-state index in [4.69, 9.17) is 11.6 Å². The third-order valence-electron chi connectivity index (χ3n) is 1.83. The Morgan fingerprint density at radius 3 is 2.71 bits per heavy atom. The molecule has 0 saturated heterocycles. The van der Waals surface area contributed by atoms with Gasteiger partial charge in [0.25, 0.3) is 0 Å². The lowest BCUT2D eigenvalue weighted by Gasteiger charge is -1.99. The quantitative estimate of drug-likeness (QED) is 0.724. The molecule has 0 radical (unpaired) electrons. The second kappa shape index (κ2) is 3.38. The second-order valence-electron chi connectivity index (χ2n) is 3.05. The fourth-order valence-corrected chi connectivity index (χ4v) is 1.37. The van der Waals surface area contributed by atoms with Crippen molar-refractivity contribution in [2.75, 3.05) is 0 Å². The molecule has 0 amide bonds. The Labute approximate surface area is 85.9 Å². The zero-order chi connectivity index (χ0) is 10.1. The largest absolute Gasteiger partial charge is 0.321 e. The van der Waals surface area contributed by atoms with Crippen molar-refractivity contribution >= 4 is 11.6 Å². The number of hydrogen-bond acceptors (Lipinski definition) is 4. The Morgan fingerprint density at radius 2 is 2.14 bits per heavy atom. The summed E-state index contributed by atoms with van der Waals surface area (Å²) in [4.78, 5) is 8.11. The van der Waals surface area contributed by atoms with Gasteiger partial charge in [-0.2, -0.15) is 4.98 Å². The summed E-state index contributed by atoms with van der Waals surface area (Å²) >= 11 is 5.53. The number of aryl methyl sites for hydroxylation is 2. The van der Waals surface area contributed by atoms with Gasteiger partial charge in [0.15, 0.2) is 0 Å². The van der Waals surface area contributed by atoms with Crippen molar-refractivity contribution in [1.29, 1.82) is 0 Å². The van der Waals surface area contributed by atoms with E-state index < -0.39 is 0 Å². The van der Waals surface area contributed by atoms with E-state index in [2.05, 4.69) is 19.6 Å². The Kier molecular flexibility index (Phi) is 2.21. The van der Waals surface area contributed by atoms with Crippen LogP contribution in [0.2, 0.25) is 5.35 Å². The third kappa shape index (κ3) is 1.61. The first-order valence-corrected chi connectivity index (χ1v) is 4.47. The van der Waals surface area contributed by atoms with Crippen LogP contribution in [0.5, 0.6) is 0 Å². The van der Waals surface area contributed by atoms with Crippen molar-refractivity contribution in [3.8, 4) is 11.5 Å². The molecule has 2 aromatic rings. The lowest BCUT2D eigenvalue weighted by Crippen LogP contribution is -1.90. The molecule has 14 heavy (non-hydrogen) atoms. The molecule has 0 aliphatic rings. The zero-order valence-electron chi connectivity index (χ0n) is 7.78.